The molecule has 1 heterocycles. The third-order valence-electron chi connectivity index (χ3n) is 4.52. The predicted octanol–water partition coefficient (Wildman–Crippen LogP) is 6.95. The van der Waals surface area contributed by atoms with Crippen LogP contribution < -0.4 is 5.56 Å². The number of thioether (sulfide) groups is 1. The lowest BCUT2D eigenvalue weighted by Gasteiger charge is -2.16. The van der Waals surface area contributed by atoms with E-state index in [-0.39, 0.29) is 5.56 Å². The van der Waals surface area contributed by atoms with Gasteiger partial charge in [0.25, 0.3) is 5.56 Å². The zero-order chi connectivity index (χ0) is 20.5. The van der Waals surface area contributed by atoms with E-state index in [4.69, 9.17) is 39.8 Å². The van der Waals surface area contributed by atoms with Crippen LogP contribution in [0.5, 0.6) is 0 Å². The summed E-state index contributed by atoms with van der Waals surface area (Å²) in [6, 6.07) is 18.2. The number of hydrogen-bond donors (Lipinski definition) is 0. The van der Waals surface area contributed by atoms with Crippen LogP contribution in [0.25, 0.3) is 16.6 Å². The smallest absolute Gasteiger partial charge is 0.266 e. The summed E-state index contributed by atoms with van der Waals surface area (Å²) in [4.78, 5) is 18.9. The second-order valence-electron chi connectivity index (χ2n) is 6.46. The molecule has 0 fully saturated rings. The molecule has 0 radical (unpaired) electrons. The molecule has 7 heteroatoms. The molecule has 0 aliphatic rings. The molecule has 4 rings (SSSR count). The summed E-state index contributed by atoms with van der Waals surface area (Å²) in [5, 5.41) is 2.11. The maximum atomic E-state index is 13.4. The van der Waals surface area contributed by atoms with E-state index in [1.807, 2.05) is 31.2 Å². The number of rotatable bonds is 4. The zero-order valence-electron chi connectivity index (χ0n) is 15.3. The van der Waals surface area contributed by atoms with Crippen molar-refractivity contribution in [2.45, 2.75) is 17.6 Å². The standard InChI is InChI=1S/C22H15Cl3N2OS/c1-13-5-2-3-8-19(13)27-20(12-29-21-16(24)6-4-7-17(21)25)26-18-10-9-14(23)11-15(18)22(27)28/h2-11H,12H2,1H3. The van der Waals surface area contributed by atoms with E-state index in [0.717, 1.165) is 16.1 Å². The molecule has 29 heavy (non-hydrogen) atoms. The summed E-state index contributed by atoms with van der Waals surface area (Å²) in [7, 11) is 0. The Hall–Kier alpha value is -1.98. The lowest BCUT2D eigenvalue weighted by Crippen LogP contribution is -2.24. The Morgan fingerprint density at radius 1 is 0.966 bits per heavy atom. The molecule has 0 N–H and O–H groups in total. The van der Waals surface area contributed by atoms with Crippen molar-refractivity contribution in [2.75, 3.05) is 0 Å². The number of para-hydroxylation sites is 1. The Kier molecular flexibility index (Phi) is 5.88. The molecule has 4 aromatic rings. The third-order valence-corrected chi connectivity index (χ3v) is 6.74. The summed E-state index contributed by atoms with van der Waals surface area (Å²) in [6.45, 7) is 1.96. The second-order valence-corrected chi connectivity index (χ2v) is 8.69. The van der Waals surface area contributed by atoms with E-state index >= 15 is 0 Å². The number of fused-ring (bicyclic) bond motifs is 1. The second kappa shape index (κ2) is 8.41. The molecule has 0 unspecified atom stereocenters. The maximum Gasteiger partial charge on any atom is 0.266 e. The van der Waals surface area contributed by atoms with Gasteiger partial charge in [0.05, 0.1) is 32.4 Å². The minimum Gasteiger partial charge on any atom is -0.268 e. The van der Waals surface area contributed by atoms with Crippen LogP contribution in [0.15, 0.2) is 70.4 Å². The monoisotopic (exact) mass is 460 g/mol. The maximum absolute atomic E-state index is 13.4. The summed E-state index contributed by atoms with van der Waals surface area (Å²) < 4.78 is 1.64. The van der Waals surface area contributed by atoms with Crippen molar-refractivity contribution in [1.29, 1.82) is 0 Å². The molecule has 0 atom stereocenters. The molecule has 0 amide bonds. The average molecular weight is 462 g/mol. The first kappa shape index (κ1) is 20.3. The van der Waals surface area contributed by atoms with E-state index in [2.05, 4.69) is 0 Å². The van der Waals surface area contributed by atoms with Gasteiger partial charge in [-0.2, -0.15) is 0 Å². The van der Waals surface area contributed by atoms with Crippen LogP contribution in [0, 0.1) is 6.92 Å². The number of halogens is 3. The van der Waals surface area contributed by atoms with Crippen LogP contribution in [-0.4, -0.2) is 9.55 Å². The van der Waals surface area contributed by atoms with Gasteiger partial charge in [-0.05, 0) is 48.9 Å². The Morgan fingerprint density at radius 3 is 2.41 bits per heavy atom. The molecule has 1 aromatic heterocycles. The number of benzene rings is 3. The van der Waals surface area contributed by atoms with Crippen molar-refractivity contribution >= 4 is 57.5 Å². The van der Waals surface area contributed by atoms with E-state index < -0.39 is 0 Å². The quantitative estimate of drug-likeness (QED) is 0.308. The van der Waals surface area contributed by atoms with Crippen LogP contribution in [0.3, 0.4) is 0 Å². The molecule has 3 aromatic carbocycles. The molecule has 0 aliphatic heterocycles. The highest BCUT2D eigenvalue weighted by Crippen LogP contribution is 2.35. The third kappa shape index (κ3) is 4.03. The Balaban J connectivity index is 1.90. The molecule has 3 nitrogen and oxygen atoms in total. The van der Waals surface area contributed by atoms with Gasteiger partial charge in [-0.15, -0.1) is 11.8 Å². The SMILES string of the molecule is Cc1ccccc1-n1c(CSc2c(Cl)cccc2Cl)nc2ccc(Cl)cc2c1=O. The molecular weight excluding hydrogens is 447 g/mol. The van der Waals surface area contributed by atoms with Crippen molar-refractivity contribution in [3.8, 4) is 5.69 Å². The average Bonchev–Trinajstić information content (AvgIpc) is 2.69. The van der Waals surface area contributed by atoms with Gasteiger partial charge in [0.15, 0.2) is 0 Å². The normalized spacial score (nSPS) is 11.2. The first-order valence-corrected chi connectivity index (χ1v) is 10.9. The van der Waals surface area contributed by atoms with Gasteiger partial charge in [-0.25, -0.2) is 4.98 Å². The van der Waals surface area contributed by atoms with Crippen LogP contribution in [0.2, 0.25) is 15.1 Å². The topological polar surface area (TPSA) is 34.9 Å². The van der Waals surface area contributed by atoms with E-state index in [1.165, 1.54) is 11.8 Å². The molecule has 146 valence electrons. The van der Waals surface area contributed by atoms with Gasteiger partial charge in [-0.3, -0.25) is 9.36 Å². The Bertz CT molecular complexity index is 1270. The van der Waals surface area contributed by atoms with Gasteiger partial charge < -0.3 is 0 Å². The van der Waals surface area contributed by atoms with Crippen LogP contribution in [0.4, 0.5) is 0 Å². The van der Waals surface area contributed by atoms with E-state index in [0.29, 0.717) is 37.5 Å². The fourth-order valence-corrected chi connectivity index (χ4v) is 4.90. The van der Waals surface area contributed by atoms with Gasteiger partial charge in [0.2, 0.25) is 0 Å². The van der Waals surface area contributed by atoms with Crippen molar-refractivity contribution in [3.05, 3.63) is 97.5 Å². The number of hydrogen-bond acceptors (Lipinski definition) is 3. The number of aromatic nitrogens is 2. The van der Waals surface area contributed by atoms with Gasteiger partial charge in [-0.1, -0.05) is 59.1 Å². The Morgan fingerprint density at radius 2 is 1.69 bits per heavy atom. The van der Waals surface area contributed by atoms with Crippen LogP contribution in [0.1, 0.15) is 11.4 Å². The molecule has 0 saturated carbocycles. The highest BCUT2D eigenvalue weighted by Gasteiger charge is 2.16. The lowest BCUT2D eigenvalue weighted by atomic mass is 10.2. The molecule has 0 spiro atoms. The van der Waals surface area contributed by atoms with E-state index in [1.54, 1.807) is 41.0 Å². The number of aryl methyl sites for hydroxylation is 1. The highest BCUT2D eigenvalue weighted by molar-refractivity contribution is 7.98. The largest absolute Gasteiger partial charge is 0.268 e. The molecule has 0 saturated heterocycles. The van der Waals surface area contributed by atoms with Crippen LogP contribution in [-0.2, 0) is 5.75 Å². The highest BCUT2D eigenvalue weighted by atomic mass is 35.5. The number of nitrogens with zero attached hydrogens (tertiary/aromatic N) is 2. The van der Waals surface area contributed by atoms with Crippen molar-refractivity contribution in [1.82, 2.24) is 9.55 Å². The zero-order valence-corrected chi connectivity index (χ0v) is 18.4. The summed E-state index contributed by atoms with van der Waals surface area (Å²) in [5.74, 6) is 1.03. The van der Waals surface area contributed by atoms with Gasteiger partial charge >= 0.3 is 0 Å². The lowest BCUT2D eigenvalue weighted by molar-refractivity contribution is 0.877. The molecule has 0 aliphatic carbocycles. The minimum absolute atomic E-state index is 0.160. The summed E-state index contributed by atoms with van der Waals surface area (Å²) in [6.07, 6.45) is 0. The Labute approximate surface area is 187 Å². The van der Waals surface area contributed by atoms with E-state index in [9.17, 15) is 4.79 Å². The molecular formula is C22H15Cl3N2OS. The van der Waals surface area contributed by atoms with Gasteiger partial charge in [0.1, 0.15) is 5.82 Å². The summed E-state index contributed by atoms with van der Waals surface area (Å²) in [5.41, 5.74) is 2.20. The minimum atomic E-state index is -0.160. The van der Waals surface area contributed by atoms with Crippen molar-refractivity contribution in [3.63, 3.8) is 0 Å². The van der Waals surface area contributed by atoms with Crippen molar-refractivity contribution < 1.29 is 0 Å². The fourth-order valence-electron chi connectivity index (χ4n) is 3.12. The van der Waals surface area contributed by atoms with Crippen molar-refractivity contribution in [2.24, 2.45) is 0 Å². The van der Waals surface area contributed by atoms with Gasteiger partial charge in [0, 0.05) is 9.92 Å². The molecule has 0 bridgehead atoms. The fraction of sp³-hybridized carbons (Fsp3) is 0.0909. The predicted molar refractivity (Wildman–Crippen MR) is 123 cm³/mol. The first-order valence-electron chi connectivity index (χ1n) is 8.79. The first-order chi connectivity index (χ1) is 14.0. The summed E-state index contributed by atoms with van der Waals surface area (Å²) >= 11 is 20.2. The van der Waals surface area contributed by atoms with Crippen LogP contribution >= 0.6 is 46.6 Å².